The second kappa shape index (κ2) is 8.14. The molecule has 0 radical (unpaired) electrons. The minimum atomic E-state index is -3.23. The smallest absolute Gasteiger partial charge is 0.260 e. The van der Waals surface area contributed by atoms with Crippen LogP contribution in [0.4, 0.5) is 0 Å². The van der Waals surface area contributed by atoms with Gasteiger partial charge in [0, 0.05) is 13.1 Å². The van der Waals surface area contributed by atoms with Crippen LogP contribution in [0.15, 0.2) is 24.3 Å². The van der Waals surface area contributed by atoms with Crippen LogP contribution < -0.4 is 14.8 Å². The standard InChI is InChI=1S/C15H24N2O4S/c1-11(2)13-5-7-14(8-6-13)21-12(3)15(18)16-9-10-17-22(4,19)20/h5-8,11-12,17H,9-10H2,1-4H3,(H,16,18). The molecule has 0 aromatic heterocycles. The summed E-state index contributed by atoms with van der Waals surface area (Å²) in [5.74, 6) is 0.779. The molecule has 1 aromatic rings. The van der Waals surface area contributed by atoms with Gasteiger partial charge in [-0.3, -0.25) is 4.79 Å². The molecule has 0 fully saturated rings. The lowest BCUT2D eigenvalue weighted by atomic mass is 10.0. The molecule has 124 valence electrons. The van der Waals surface area contributed by atoms with Gasteiger partial charge in [0.1, 0.15) is 5.75 Å². The third-order valence-electron chi connectivity index (χ3n) is 3.02. The van der Waals surface area contributed by atoms with Crippen LogP contribution in [0.1, 0.15) is 32.3 Å². The Morgan fingerprint density at radius 1 is 1.14 bits per heavy atom. The average molecular weight is 328 g/mol. The first kappa shape index (κ1) is 18.4. The maximum Gasteiger partial charge on any atom is 0.260 e. The molecule has 1 rings (SSSR count). The van der Waals surface area contributed by atoms with Crippen LogP contribution in [0.3, 0.4) is 0 Å². The number of carbonyl (C=O) groups excluding carboxylic acids is 1. The van der Waals surface area contributed by atoms with E-state index in [4.69, 9.17) is 4.74 Å². The highest BCUT2D eigenvalue weighted by molar-refractivity contribution is 7.88. The Morgan fingerprint density at radius 2 is 1.73 bits per heavy atom. The Bertz CT molecular complexity index is 582. The lowest BCUT2D eigenvalue weighted by molar-refractivity contribution is -0.127. The van der Waals surface area contributed by atoms with E-state index in [1.165, 1.54) is 5.56 Å². The number of ether oxygens (including phenoxy) is 1. The van der Waals surface area contributed by atoms with Gasteiger partial charge in [0.15, 0.2) is 6.10 Å². The van der Waals surface area contributed by atoms with Crippen molar-refractivity contribution in [3.63, 3.8) is 0 Å². The van der Waals surface area contributed by atoms with Crippen LogP contribution in [0, 0.1) is 0 Å². The minimum Gasteiger partial charge on any atom is -0.481 e. The van der Waals surface area contributed by atoms with Crippen molar-refractivity contribution >= 4 is 15.9 Å². The maximum atomic E-state index is 11.8. The van der Waals surface area contributed by atoms with Crippen molar-refractivity contribution in [2.45, 2.75) is 32.8 Å². The van der Waals surface area contributed by atoms with Crippen LogP contribution in [0.25, 0.3) is 0 Å². The second-order valence-corrected chi connectivity index (χ2v) is 7.27. The quantitative estimate of drug-likeness (QED) is 0.703. The molecule has 7 heteroatoms. The summed E-state index contributed by atoms with van der Waals surface area (Å²) in [4.78, 5) is 11.8. The number of amides is 1. The third-order valence-corrected chi connectivity index (χ3v) is 3.75. The summed E-state index contributed by atoms with van der Waals surface area (Å²) in [6.45, 7) is 6.23. The highest BCUT2D eigenvalue weighted by atomic mass is 32.2. The molecule has 0 aliphatic rings. The molecule has 0 spiro atoms. The molecule has 0 bridgehead atoms. The zero-order valence-corrected chi connectivity index (χ0v) is 14.2. The summed E-state index contributed by atoms with van der Waals surface area (Å²) in [6.07, 6.45) is 0.421. The van der Waals surface area contributed by atoms with Crippen molar-refractivity contribution in [1.29, 1.82) is 0 Å². The van der Waals surface area contributed by atoms with E-state index in [-0.39, 0.29) is 19.0 Å². The van der Waals surface area contributed by atoms with Crippen molar-refractivity contribution in [2.24, 2.45) is 0 Å². The van der Waals surface area contributed by atoms with E-state index in [1.807, 2.05) is 24.3 Å². The SMILES string of the molecule is CC(Oc1ccc(C(C)C)cc1)C(=O)NCCNS(C)(=O)=O. The van der Waals surface area contributed by atoms with E-state index >= 15 is 0 Å². The summed E-state index contributed by atoms with van der Waals surface area (Å²) >= 11 is 0. The van der Waals surface area contributed by atoms with Gasteiger partial charge in [0.25, 0.3) is 5.91 Å². The van der Waals surface area contributed by atoms with Crippen molar-refractivity contribution in [3.8, 4) is 5.75 Å². The molecule has 0 aliphatic heterocycles. The van der Waals surface area contributed by atoms with Crippen LogP contribution >= 0.6 is 0 Å². The fourth-order valence-electron chi connectivity index (χ4n) is 1.75. The van der Waals surface area contributed by atoms with Crippen LogP contribution in [0.5, 0.6) is 5.75 Å². The number of carbonyl (C=O) groups is 1. The maximum absolute atomic E-state index is 11.8. The predicted molar refractivity (Wildman–Crippen MR) is 86.5 cm³/mol. The number of benzene rings is 1. The Morgan fingerprint density at radius 3 is 2.23 bits per heavy atom. The minimum absolute atomic E-state index is 0.153. The summed E-state index contributed by atoms with van der Waals surface area (Å²) in [7, 11) is -3.23. The molecule has 0 saturated heterocycles. The number of rotatable bonds is 8. The van der Waals surface area contributed by atoms with Gasteiger partial charge in [-0.15, -0.1) is 0 Å². The molecule has 1 atom stereocenters. The summed E-state index contributed by atoms with van der Waals surface area (Å²) in [6, 6.07) is 7.62. The highest BCUT2D eigenvalue weighted by Gasteiger charge is 2.14. The molecule has 0 saturated carbocycles. The molecule has 0 heterocycles. The van der Waals surface area contributed by atoms with Crippen LogP contribution in [-0.4, -0.2) is 39.8 Å². The normalized spacial score (nSPS) is 13.0. The monoisotopic (exact) mass is 328 g/mol. The van der Waals surface area contributed by atoms with Gasteiger partial charge < -0.3 is 10.1 Å². The van der Waals surface area contributed by atoms with Gasteiger partial charge in [-0.05, 0) is 30.5 Å². The second-order valence-electron chi connectivity index (χ2n) is 5.44. The number of hydrogen-bond donors (Lipinski definition) is 2. The number of sulfonamides is 1. The van der Waals surface area contributed by atoms with Gasteiger partial charge in [0.05, 0.1) is 6.26 Å². The van der Waals surface area contributed by atoms with E-state index in [0.717, 1.165) is 6.26 Å². The molecule has 0 aliphatic carbocycles. The summed E-state index contributed by atoms with van der Waals surface area (Å²) < 4.78 is 29.6. The van der Waals surface area contributed by atoms with Crippen molar-refractivity contribution in [2.75, 3.05) is 19.3 Å². The fraction of sp³-hybridized carbons (Fsp3) is 0.533. The Kier molecular flexibility index (Phi) is 6.83. The van der Waals surface area contributed by atoms with E-state index in [0.29, 0.717) is 11.7 Å². The predicted octanol–water partition coefficient (Wildman–Crippen LogP) is 1.24. The summed E-state index contributed by atoms with van der Waals surface area (Å²) in [5, 5.41) is 2.61. The lowest BCUT2D eigenvalue weighted by Crippen LogP contribution is -2.40. The molecule has 22 heavy (non-hydrogen) atoms. The van der Waals surface area contributed by atoms with Gasteiger partial charge in [-0.25, -0.2) is 13.1 Å². The zero-order chi connectivity index (χ0) is 16.8. The number of nitrogens with one attached hydrogen (secondary N) is 2. The molecular weight excluding hydrogens is 304 g/mol. The van der Waals surface area contributed by atoms with E-state index in [2.05, 4.69) is 23.9 Å². The largest absolute Gasteiger partial charge is 0.481 e. The first-order valence-corrected chi connectivity index (χ1v) is 9.07. The summed E-state index contributed by atoms with van der Waals surface area (Å²) in [5.41, 5.74) is 1.20. The fourth-order valence-corrected chi connectivity index (χ4v) is 2.23. The van der Waals surface area contributed by atoms with Crippen molar-refractivity contribution in [1.82, 2.24) is 10.0 Å². The first-order chi connectivity index (χ1) is 10.2. The zero-order valence-electron chi connectivity index (χ0n) is 13.4. The molecule has 1 aromatic carbocycles. The molecule has 6 nitrogen and oxygen atoms in total. The molecule has 1 amide bonds. The van der Waals surface area contributed by atoms with E-state index in [1.54, 1.807) is 6.92 Å². The van der Waals surface area contributed by atoms with E-state index in [9.17, 15) is 13.2 Å². The number of hydrogen-bond acceptors (Lipinski definition) is 4. The van der Waals surface area contributed by atoms with Crippen molar-refractivity contribution < 1.29 is 17.9 Å². The third kappa shape index (κ3) is 6.91. The highest BCUT2D eigenvalue weighted by Crippen LogP contribution is 2.19. The Balaban J connectivity index is 2.40. The van der Waals surface area contributed by atoms with Crippen LogP contribution in [-0.2, 0) is 14.8 Å². The Labute approximate surface area is 132 Å². The van der Waals surface area contributed by atoms with Gasteiger partial charge in [0.2, 0.25) is 10.0 Å². The molecular formula is C15H24N2O4S. The lowest BCUT2D eigenvalue weighted by Gasteiger charge is -2.15. The molecule has 1 unspecified atom stereocenters. The van der Waals surface area contributed by atoms with Crippen LogP contribution in [0.2, 0.25) is 0 Å². The Hall–Kier alpha value is -1.60. The topological polar surface area (TPSA) is 84.5 Å². The average Bonchev–Trinajstić information content (AvgIpc) is 2.42. The van der Waals surface area contributed by atoms with Gasteiger partial charge in [-0.2, -0.15) is 0 Å². The first-order valence-electron chi connectivity index (χ1n) is 7.18. The van der Waals surface area contributed by atoms with Crippen molar-refractivity contribution in [3.05, 3.63) is 29.8 Å². The van der Waals surface area contributed by atoms with E-state index < -0.39 is 16.1 Å². The van der Waals surface area contributed by atoms with Gasteiger partial charge in [-0.1, -0.05) is 26.0 Å². The molecule has 2 N–H and O–H groups in total. The van der Waals surface area contributed by atoms with Gasteiger partial charge >= 0.3 is 0 Å².